The van der Waals surface area contributed by atoms with Crippen LogP contribution >= 0.6 is 0 Å². The molecule has 104 valence electrons. The summed E-state index contributed by atoms with van der Waals surface area (Å²) in [5, 5.41) is 3.44. The number of hydrogen-bond donors (Lipinski definition) is 0. The zero-order chi connectivity index (χ0) is 15.1. The molecule has 21 heavy (non-hydrogen) atoms. The molecule has 0 spiro atoms. The van der Waals surface area contributed by atoms with Gasteiger partial charge in [0, 0.05) is 10.6 Å². The number of benzene rings is 2. The van der Waals surface area contributed by atoms with Gasteiger partial charge in [0.15, 0.2) is 0 Å². The van der Waals surface area contributed by atoms with Crippen molar-refractivity contribution in [1.29, 1.82) is 0 Å². The summed E-state index contributed by atoms with van der Waals surface area (Å²) in [7, 11) is 0. The van der Waals surface area contributed by atoms with Gasteiger partial charge in [0.25, 0.3) is 0 Å². The number of esters is 1. The largest absolute Gasteiger partial charge is 0.457 e. The van der Waals surface area contributed by atoms with Crippen molar-refractivity contribution in [2.75, 3.05) is 0 Å². The minimum Gasteiger partial charge on any atom is -0.457 e. The first kappa shape index (κ1) is 14.4. The quantitative estimate of drug-likeness (QED) is 0.346. The van der Waals surface area contributed by atoms with Gasteiger partial charge in [-0.2, -0.15) is 0 Å². The van der Waals surface area contributed by atoms with Gasteiger partial charge in [-0.3, -0.25) is 0 Å². The van der Waals surface area contributed by atoms with Gasteiger partial charge < -0.3 is 4.74 Å². The van der Waals surface area contributed by atoms with E-state index in [1.807, 2.05) is 24.3 Å². The van der Waals surface area contributed by atoms with Crippen LogP contribution in [0.15, 0.2) is 60.2 Å². The third-order valence-electron chi connectivity index (χ3n) is 2.85. The van der Waals surface area contributed by atoms with Crippen molar-refractivity contribution in [3.63, 3.8) is 0 Å². The van der Waals surface area contributed by atoms with Crippen LogP contribution < -0.4 is 0 Å². The molecule has 0 fully saturated rings. The van der Waals surface area contributed by atoms with E-state index in [0.29, 0.717) is 11.3 Å². The highest BCUT2D eigenvalue weighted by Gasteiger charge is 2.07. The van der Waals surface area contributed by atoms with E-state index in [-0.39, 0.29) is 6.61 Å². The molecule has 0 aliphatic carbocycles. The van der Waals surface area contributed by atoms with Crippen LogP contribution in [0, 0.1) is 0 Å². The Morgan fingerprint density at radius 2 is 1.86 bits per heavy atom. The summed E-state index contributed by atoms with van der Waals surface area (Å²) in [6.45, 7) is 3.88. The molecule has 0 aliphatic heterocycles. The summed E-state index contributed by atoms with van der Waals surface area (Å²) in [5.74, 6) is -0.421. The number of ether oxygens (including phenoxy) is 1. The summed E-state index contributed by atoms with van der Waals surface area (Å²) < 4.78 is 5.22. The molecular weight excluding hydrogens is 266 g/mol. The number of carbonyl (C=O) groups is 1. The van der Waals surface area contributed by atoms with Crippen molar-refractivity contribution in [2.24, 2.45) is 5.11 Å². The van der Waals surface area contributed by atoms with Gasteiger partial charge in [-0.25, -0.2) is 4.79 Å². The topological polar surface area (TPSA) is 75.1 Å². The number of rotatable bonds is 5. The Balaban J connectivity index is 1.97. The summed E-state index contributed by atoms with van der Waals surface area (Å²) >= 11 is 0. The van der Waals surface area contributed by atoms with Crippen LogP contribution in [0.25, 0.3) is 16.5 Å². The van der Waals surface area contributed by atoms with Gasteiger partial charge in [-0.15, -0.1) is 0 Å². The standard InChI is InChI=1S/C16H13N3O2/c1-2-12-3-5-13(6-4-12)11-21-16(20)14-7-9-15(10-8-14)18-19-17/h2-10H,1,11H2. The Hall–Kier alpha value is -3.04. The molecule has 0 unspecified atom stereocenters. The smallest absolute Gasteiger partial charge is 0.338 e. The van der Waals surface area contributed by atoms with E-state index >= 15 is 0 Å². The Labute approximate surface area is 122 Å². The van der Waals surface area contributed by atoms with Gasteiger partial charge in [0.1, 0.15) is 6.61 Å². The van der Waals surface area contributed by atoms with Crippen molar-refractivity contribution in [3.8, 4) is 0 Å². The molecule has 0 aromatic heterocycles. The second-order valence-corrected chi connectivity index (χ2v) is 4.26. The van der Waals surface area contributed by atoms with Gasteiger partial charge in [-0.05, 0) is 28.8 Å². The minimum absolute atomic E-state index is 0.203. The molecule has 0 atom stereocenters. The zero-order valence-electron chi connectivity index (χ0n) is 11.3. The van der Waals surface area contributed by atoms with Crippen LogP contribution in [0.5, 0.6) is 0 Å². The van der Waals surface area contributed by atoms with Crippen molar-refractivity contribution in [1.82, 2.24) is 0 Å². The number of nitrogens with zero attached hydrogens (tertiary/aromatic N) is 3. The molecule has 5 nitrogen and oxygen atoms in total. The van der Waals surface area contributed by atoms with Gasteiger partial charge in [0.2, 0.25) is 0 Å². The fraction of sp³-hybridized carbons (Fsp3) is 0.0625. The van der Waals surface area contributed by atoms with Crippen molar-refractivity contribution >= 4 is 17.7 Å². The molecule has 0 heterocycles. The van der Waals surface area contributed by atoms with E-state index in [1.165, 1.54) is 0 Å². The van der Waals surface area contributed by atoms with Gasteiger partial charge >= 0.3 is 5.97 Å². The first-order chi connectivity index (χ1) is 10.2. The maximum Gasteiger partial charge on any atom is 0.338 e. The number of hydrogen-bond acceptors (Lipinski definition) is 3. The van der Waals surface area contributed by atoms with Crippen molar-refractivity contribution in [2.45, 2.75) is 6.61 Å². The molecule has 0 saturated heterocycles. The molecule has 2 aromatic rings. The summed E-state index contributed by atoms with van der Waals surface area (Å²) in [6.07, 6.45) is 1.75. The summed E-state index contributed by atoms with van der Waals surface area (Å²) in [5.41, 5.74) is 11.1. The van der Waals surface area contributed by atoms with Crippen LogP contribution in [-0.4, -0.2) is 5.97 Å². The molecule has 0 saturated carbocycles. The van der Waals surface area contributed by atoms with E-state index in [9.17, 15) is 4.79 Å². The van der Waals surface area contributed by atoms with Crippen LogP contribution in [0.4, 0.5) is 5.69 Å². The van der Waals surface area contributed by atoms with E-state index < -0.39 is 5.97 Å². The lowest BCUT2D eigenvalue weighted by atomic mass is 10.1. The van der Waals surface area contributed by atoms with Gasteiger partial charge in [0.05, 0.1) is 5.56 Å². The SMILES string of the molecule is C=Cc1ccc(COC(=O)c2ccc(N=[N+]=[N-])cc2)cc1. The van der Waals surface area contributed by atoms with Crippen molar-refractivity contribution < 1.29 is 9.53 Å². The Kier molecular flexibility index (Phi) is 4.75. The lowest BCUT2D eigenvalue weighted by Crippen LogP contribution is -2.04. The van der Waals surface area contributed by atoms with E-state index in [2.05, 4.69) is 16.6 Å². The third-order valence-corrected chi connectivity index (χ3v) is 2.85. The van der Waals surface area contributed by atoms with E-state index in [4.69, 9.17) is 10.3 Å². The molecule has 0 radical (unpaired) electrons. The average Bonchev–Trinajstić information content (AvgIpc) is 2.54. The third kappa shape index (κ3) is 3.96. The summed E-state index contributed by atoms with van der Waals surface area (Å²) in [6, 6.07) is 13.8. The van der Waals surface area contributed by atoms with Crippen LogP contribution in [0.1, 0.15) is 21.5 Å². The van der Waals surface area contributed by atoms with Crippen LogP contribution in [-0.2, 0) is 11.3 Å². The highest BCUT2D eigenvalue weighted by molar-refractivity contribution is 5.89. The molecule has 2 aromatic carbocycles. The maximum atomic E-state index is 11.9. The van der Waals surface area contributed by atoms with Crippen molar-refractivity contribution in [3.05, 3.63) is 82.2 Å². The predicted molar refractivity (Wildman–Crippen MR) is 80.9 cm³/mol. The molecule has 0 N–H and O–H groups in total. The lowest BCUT2D eigenvalue weighted by molar-refractivity contribution is 0.0473. The molecular formula is C16H13N3O2. The number of carbonyl (C=O) groups excluding carboxylic acids is 1. The fourth-order valence-electron chi connectivity index (χ4n) is 1.70. The highest BCUT2D eigenvalue weighted by atomic mass is 16.5. The molecule has 5 heteroatoms. The molecule has 0 aliphatic rings. The lowest BCUT2D eigenvalue weighted by Gasteiger charge is -2.05. The summed E-state index contributed by atoms with van der Waals surface area (Å²) in [4.78, 5) is 14.5. The highest BCUT2D eigenvalue weighted by Crippen LogP contribution is 2.14. The van der Waals surface area contributed by atoms with Crippen LogP contribution in [0.2, 0.25) is 0 Å². The Bertz CT molecular complexity index is 684. The van der Waals surface area contributed by atoms with E-state index in [1.54, 1.807) is 30.3 Å². The molecule has 2 rings (SSSR count). The Morgan fingerprint density at radius 3 is 2.43 bits per heavy atom. The average molecular weight is 279 g/mol. The second kappa shape index (κ2) is 6.93. The molecule has 0 amide bonds. The monoisotopic (exact) mass is 279 g/mol. The minimum atomic E-state index is -0.421. The zero-order valence-corrected chi connectivity index (χ0v) is 11.3. The fourth-order valence-corrected chi connectivity index (χ4v) is 1.70. The first-order valence-corrected chi connectivity index (χ1v) is 6.26. The first-order valence-electron chi connectivity index (χ1n) is 6.26. The normalized spacial score (nSPS) is 9.52. The maximum absolute atomic E-state index is 11.9. The predicted octanol–water partition coefficient (Wildman–Crippen LogP) is 4.63. The van der Waals surface area contributed by atoms with Crippen LogP contribution in [0.3, 0.4) is 0 Å². The number of azide groups is 1. The molecule has 0 bridgehead atoms. The van der Waals surface area contributed by atoms with Gasteiger partial charge in [-0.1, -0.05) is 54.2 Å². The second-order valence-electron chi connectivity index (χ2n) is 4.26. The Morgan fingerprint density at radius 1 is 1.19 bits per heavy atom. The van der Waals surface area contributed by atoms with E-state index in [0.717, 1.165) is 11.1 Å².